The first-order valence-corrected chi connectivity index (χ1v) is 6.70. The van der Waals surface area contributed by atoms with Crippen molar-refractivity contribution in [3.05, 3.63) is 28.1 Å². The maximum atomic E-state index is 12.1. The second-order valence-electron chi connectivity index (χ2n) is 4.24. The molecular weight excluding hydrogens is 266 g/mol. The number of thiophene rings is 1. The lowest BCUT2D eigenvalue weighted by Crippen LogP contribution is -2.39. The first-order chi connectivity index (χ1) is 9.11. The van der Waals surface area contributed by atoms with Crippen molar-refractivity contribution in [3.8, 4) is 0 Å². The molecule has 1 atom stereocenters. The fraction of sp³-hybridized carbons (Fsp3) is 0.417. The summed E-state index contributed by atoms with van der Waals surface area (Å²) in [6.07, 6.45) is 1.40. The van der Waals surface area contributed by atoms with Gasteiger partial charge in [0.2, 0.25) is 5.91 Å². The van der Waals surface area contributed by atoms with Crippen LogP contribution < -0.4 is 10.9 Å². The Kier molecular flexibility index (Phi) is 4.28. The molecule has 0 aliphatic carbocycles. The Bertz CT molecular complexity index is 634. The first-order valence-electron chi connectivity index (χ1n) is 5.82. The molecule has 0 saturated carbocycles. The highest BCUT2D eigenvalue weighted by Crippen LogP contribution is 2.13. The molecule has 2 aromatic rings. The fourth-order valence-corrected chi connectivity index (χ4v) is 2.50. The van der Waals surface area contributed by atoms with Gasteiger partial charge in [0.05, 0.1) is 18.3 Å². The number of nitrogens with one attached hydrogen (secondary N) is 1. The predicted octanol–water partition coefficient (Wildman–Crippen LogP) is 0.609. The molecule has 2 aromatic heterocycles. The van der Waals surface area contributed by atoms with E-state index in [1.54, 1.807) is 13.2 Å². The minimum Gasteiger partial charge on any atom is -0.383 e. The maximum absolute atomic E-state index is 12.1. The number of aromatic nitrogens is 2. The van der Waals surface area contributed by atoms with E-state index in [1.165, 1.54) is 22.2 Å². The molecule has 0 aliphatic rings. The zero-order valence-corrected chi connectivity index (χ0v) is 11.6. The average molecular weight is 281 g/mol. The van der Waals surface area contributed by atoms with Gasteiger partial charge in [0.15, 0.2) is 0 Å². The molecule has 2 rings (SSSR count). The van der Waals surface area contributed by atoms with Crippen LogP contribution in [0.25, 0.3) is 10.2 Å². The van der Waals surface area contributed by atoms with Crippen LogP contribution in [0.3, 0.4) is 0 Å². The summed E-state index contributed by atoms with van der Waals surface area (Å²) in [6.45, 7) is 2.23. The van der Waals surface area contributed by atoms with Gasteiger partial charge in [-0.1, -0.05) is 0 Å². The van der Waals surface area contributed by atoms with Gasteiger partial charge >= 0.3 is 0 Å². The molecule has 0 fully saturated rings. The van der Waals surface area contributed by atoms with Crippen LogP contribution in [0.2, 0.25) is 0 Å². The number of carbonyl (C=O) groups excluding carboxylic acids is 1. The van der Waals surface area contributed by atoms with E-state index < -0.39 is 0 Å². The summed E-state index contributed by atoms with van der Waals surface area (Å²) in [7, 11) is 1.57. The summed E-state index contributed by atoms with van der Waals surface area (Å²) < 4.78 is 6.24. The van der Waals surface area contributed by atoms with Crippen molar-refractivity contribution in [1.29, 1.82) is 0 Å². The number of hydrogen-bond donors (Lipinski definition) is 1. The molecule has 102 valence electrons. The van der Waals surface area contributed by atoms with Crippen molar-refractivity contribution >= 4 is 27.5 Å². The summed E-state index contributed by atoms with van der Waals surface area (Å²) in [6, 6.07) is 1.63. The Morgan fingerprint density at radius 3 is 3.16 bits per heavy atom. The summed E-state index contributed by atoms with van der Waals surface area (Å²) >= 11 is 1.40. The lowest BCUT2D eigenvalue weighted by molar-refractivity contribution is -0.122. The summed E-state index contributed by atoms with van der Waals surface area (Å²) in [5.74, 6) is -0.233. The number of nitrogens with zero attached hydrogens (tertiary/aromatic N) is 2. The van der Waals surface area contributed by atoms with Crippen LogP contribution in [-0.4, -0.2) is 35.2 Å². The van der Waals surface area contributed by atoms with Gasteiger partial charge in [0, 0.05) is 13.2 Å². The number of ether oxygens (including phenoxy) is 1. The van der Waals surface area contributed by atoms with Crippen molar-refractivity contribution in [2.24, 2.45) is 0 Å². The Hall–Kier alpha value is -1.73. The van der Waals surface area contributed by atoms with Gasteiger partial charge in [-0.3, -0.25) is 14.2 Å². The van der Waals surface area contributed by atoms with Gasteiger partial charge in [-0.15, -0.1) is 11.3 Å². The molecule has 7 heteroatoms. The molecule has 0 aromatic carbocycles. The SMILES string of the molecule is COCC(C)NC(=O)Cn1cnc2sccc2c1=O. The summed E-state index contributed by atoms with van der Waals surface area (Å²) in [4.78, 5) is 28.7. The first kappa shape index (κ1) is 13.7. The van der Waals surface area contributed by atoms with Crippen LogP contribution in [0.15, 0.2) is 22.6 Å². The standard InChI is InChI=1S/C12H15N3O3S/c1-8(6-18-2)14-10(16)5-15-7-13-11-9(12(15)17)3-4-19-11/h3-4,7-8H,5-6H2,1-2H3,(H,14,16). The van der Waals surface area contributed by atoms with E-state index in [-0.39, 0.29) is 24.1 Å². The van der Waals surface area contributed by atoms with E-state index in [1.807, 2.05) is 12.3 Å². The second-order valence-corrected chi connectivity index (χ2v) is 5.14. The second kappa shape index (κ2) is 5.94. The van der Waals surface area contributed by atoms with E-state index in [4.69, 9.17) is 4.74 Å². The van der Waals surface area contributed by atoms with Crippen LogP contribution >= 0.6 is 11.3 Å². The van der Waals surface area contributed by atoms with E-state index >= 15 is 0 Å². The normalized spacial score (nSPS) is 12.5. The van der Waals surface area contributed by atoms with Crippen molar-refractivity contribution < 1.29 is 9.53 Å². The minimum atomic E-state index is -0.233. The lowest BCUT2D eigenvalue weighted by Gasteiger charge is -2.13. The highest BCUT2D eigenvalue weighted by atomic mass is 32.1. The van der Waals surface area contributed by atoms with Gasteiger partial charge in [-0.25, -0.2) is 4.98 Å². The van der Waals surface area contributed by atoms with Gasteiger partial charge in [-0.05, 0) is 18.4 Å². The number of hydrogen-bond acceptors (Lipinski definition) is 5. The predicted molar refractivity (Wildman–Crippen MR) is 73.4 cm³/mol. The monoisotopic (exact) mass is 281 g/mol. The molecule has 0 bridgehead atoms. The summed E-state index contributed by atoms with van der Waals surface area (Å²) in [5.41, 5.74) is -0.194. The number of amides is 1. The van der Waals surface area contributed by atoms with E-state index in [0.29, 0.717) is 16.8 Å². The molecule has 0 saturated heterocycles. The topological polar surface area (TPSA) is 73.2 Å². The van der Waals surface area contributed by atoms with Crippen LogP contribution in [0.5, 0.6) is 0 Å². The van der Waals surface area contributed by atoms with E-state index in [2.05, 4.69) is 10.3 Å². The molecular formula is C12H15N3O3S. The summed E-state index contributed by atoms with van der Waals surface area (Å²) in [5, 5.41) is 5.11. The van der Waals surface area contributed by atoms with Crippen molar-refractivity contribution in [1.82, 2.24) is 14.9 Å². The van der Waals surface area contributed by atoms with Crippen LogP contribution in [-0.2, 0) is 16.1 Å². The molecule has 0 aliphatic heterocycles. The number of fused-ring (bicyclic) bond motifs is 1. The smallest absolute Gasteiger partial charge is 0.262 e. The Labute approximate surface area is 114 Å². The zero-order chi connectivity index (χ0) is 13.8. The van der Waals surface area contributed by atoms with E-state index in [0.717, 1.165) is 0 Å². The Morgan fingerprint density at radius 1 is 1.63 bits per heavy atom. The highest BCUT2D eigenvalue weighted by molar-refractivity contribution is 7.16. The van der Waals surface area contributed by atoms with Crippen molar-refractivity contribution in [2.45, 2.75) is 19.5 Å². The molecule has 1 unspecified atom stereocenters. The van der Waals surface area contributed by atoms with Crippen LogP contribution in [0.1, 0.15) is 6.92 Å². The van der Waals surface area contributed by atoms with Gasteiger partial charge in [-0.2, -0.15) is 0 Å². The number of methoxy groups -OCH3 is 1. The molecule has 6 nitrogen and oxygen atoms in total. The minimum absolute atomic E-state index is 0.0360. The third-order valence-electron chi connectivity index (χ3n) is 2.59. The Morgan fingerprint density at radius 2 is 2.42 bits per heavy atom. The largest absolute Gasteiger partial charge is 0.383 e. The molecule has 0 spiro atoms. The highest BCUT2D eigenvalue weighted by Gasteiger charge is 2.10. The van der Waals surface area contributed by atoms with Gasteiger partial charge < -0.3 is 10.1 Å². The maximum Gasteiger partial charge on any atom is 0.262 e. The average Bonchev–Trinajstić information content (AvgIpc) is 2.82. The third kappa shape index (κ3) is 3.18. The Balaban J connectivity index is 2.11. The third-order valence-corrected chi connectivity index (χ3v) is 3.41. The van der Waals surface area contributed by atoms with Crippen LogP contribution in [0.4, 0.5) is 0 Å². The quantitative estimate of drug-likeness (QED) is 0.871. The molecule has 1 amide bonds. The van der Waals surface area contributed by atoms with Crippen molar-refractivity contribution in [2.75, 3.05) is 13.7 Å². The zero-order valence-electron chi connectivity index (χ0n) is 10.8. The van der Waals surface area contributed by atoms with Crippen LogP contribution in [0, 0.1) is 0 Å². The molecule has 19 heavy (non-hydrogen) atoms. The number of carbonyl (C=O) groups is 1. The molecule has 0 radical (unpaired) electrons. The fourth-order valence-electron chi connectivity index (χ4n) is 1.77. The lowest BCUT2D eigenvalue weighted by atomic mass is 10.3. The molecule has 1 N–H and O–H groups in total. The van der Waals surface area contributed by atoms with E-state index in [9.17, 15) is 9.59 Å². The molecule has 2 heterocycles. The van der Waals surface area contributed by atoms with Crippen molar-refractivity contribution in [3.63, 3.8) is 0 Å². The van der Waals surface area contributed by atoms with Gasteiger partial charge in [0.25, 0.3) is 5.56 Å². The number of rotatable bonds is 5. The van der Waals surface area contributed by atoms with Gasteiger partial charge in [0.1, 0.15) is 11.4 Å².